The Morgan fingerprint density at radius 1 is 1.10 bits per heavy atom. The number of amides is 1. The number of carbonyl (C=O) groups excluding carboxylic acids is 1. The first-order valence-electron chi connectivity index (χ1n) is 9.22. The van der Waals surface area contributed by atoms with Crippen molar-refractivity contribution in [3.8, 4) is 5.75 Å². The van der Waals surface area contributed by atoms with Gasteiger partial charge in [0.25, 0.3) is 0 Å². The molecule has 0 N–H and O–H groups in total. The summed E-state index contributed by atoms with van der Waals surface area (Å²) < 4.78 is 43.4. The molecule has 2 aromatic carbocycles. The van der Waals surface area contributed by atoms with Crippen LogP contribution < -0.4 is 4.74 Å². The van der Waals surface area contributed by atoms with E-state index in [4.69, 9.17) is 4.74 Å². The second-order valence-electron chi connectivity index (χ2n) is 6.45. The zero-order valence-electron chi connectivity index (χ0n) is 15.9. The lowest BCUT2D eigenvalue weighted by Crippen LogP contribution is -2.34. The average Bonchev–Trinajstić information content (AvgIpc) is 3.16. The Balaban J connectivity index is 1.56. The number of thioether (sulfide) groups is 1. The number of halogens is 3. The molecule has 0 saturated heterocycles. The van der Waals surface area contributed by atoms with Gasteiger partial charge in [0.05, 0.1) is 25.1 Å². The Kier molecular flexibility index (Phi) is 6.84. The predicted octanol–water partition coefficient (Wildman–Crippen LogP) is 4.78. The molecule has 1 heterocycles. The summed E-state index contributed by atoms with van der Waals surface area (Å²) in [5.41, 5.74) is 0.963. The third kappa shape index (κ3) is 5.76. The number of aliphatic imine (C=N–C) groups is 1. The van der Waals surface area contributed by atoms with Crippen molar-refractivity contribution in [3.05, 3.63) is 65.2 Å². The smallest absolute Gasteiger partial charge is 0.416 e. The van der Waals surface area contributed by atoms with Gasteiger partial charge in [-0.2, -0.15) is 13.2 Å². The third-order valence-electron chi connectivity index (χ3n) is 4.34. The van der Waals surface area contributed by atoms with Gasteiger partial charge in [-0.3, -0.25) is 14.7 Å². The van der Waals surface area contributed by atoms with E-state index in [9.17, 15) is 18.0 Å². The van der Waals surface area contributed by atoms with Crippen LogP contribution in [0, 0.1) is 0 Å². The molecule has 2 aromatic rings. The molecule has 1 amide bonds. The number of carbonyl (C=O) groups is 1. The first kappa shape index (κ1) is 21.2. The lowest BCUT2D eigenvalue weighted by Gasteiger charge is -2.18. The number of ether oxygens (including phenoxy) is 1. The number of hydrogen-bond acceptors (Lipinski definition) is 4. The summed E-state index contributed by atoms with van der Waals surface area (Å²) in [5, 5.41) is 0.612. The molecule has 0 spiro atoms. The molecule has 8 heteroatoms. The molecule has 3 rings (SSSR count). The van der Waals surface area contributed by atoms with E-state index < -0.39 is 11.7 Å². The first-order chi connectivity index (χ1) is 13.9. The Morgan fingerprint density at radius 2 is 1.76 bits per heavy atom. The monoisotopic (exact) mass is 422 g/mol. The Labute approximate surface area is 171 Å². The van der Waals surface area contributed by atoms with Gasteiger partial charge in [0, 0.05) is 12.3 Å². The molecule has 0 atom stereocenters. The van der Waals surface area contributed by atoms with Crippen LogP contribution in [0.5, 0.6) is 5.75 Å². The highest BCUT2D eigenvalue weighted by Crippen LogP contribution is 2.30. The summed E-state index contributed by atoms with van der Waals surface area (Å²) in [5.74, 6) is 1.16. The highest BCUT2D eigenvalue weighted by Gasteiger charge is 2.30. The zero-order chi connectivity index (χ0) is 20.9. The molecule has 29 heavy (non-hydrogen) atoms. The SMILES string of the molecule is CCOc1ccc(CC(=O)N2CCN=C2SCc2ccc(C(F)(F)F)cc2)cc1. The summed E-state index contributed by atoms with van der Waals surface area (Å²) in [4.78, 5) is 18.7. The molecular weight excluding hydrogens is 401 g/mol. The van der Waals surface area contributed by atoms with E-state index in [-0.39, 0.29) is 12.3 Å². The molecule has 0 aliphatic carbocycles. The minimum Gasteiger partial charge on any atom is -0.494 e. The van der Waals surface area contributed by atoms with Crippen LogP contribution in [0.15, 0.2) is 53.5 Å². The van der Waals surface area contributed by atoms with E-state index in [1.807, 2.05) is 31.2 Å². The van der Waals surface area contributed by atoms with Crippen molar-refractivity contribution in [1.29, 1.82) is 0 Å². The highest BCUT2D eigenvalue weighted by atomic mass is 32.2. The zero-order valence-corrected chi connectivity index (χ0v) is 16.7. The van der Waals surface area contributed by atoms with Crippen molar-refractivity contribution in [1.82, 2.24) is 4.90 Å². The second kappa shape index (κ2) is 9.35. The van der Waals surface area contributed by atoms with Crippen LogP contribution in [0.4, 0.5) is 13.2 Å². The fraction of sp³-hybridized carbons (Fsp3) is 0.333. The maximum Gasteiger partial charge on any atom is 0.416 e. The van der Waals surface area contributed by atoms with Gasteiger partial charge in [0.1, 0.15) is 5.75 Å². The van der Waals surface area contributed by atoms with E-state index >= 15 is 0 Å². The molecule has 0 unspecified atom stereocenters. The summed E-state index contributed by atoms with van der Waals surface area (Å²) in [7, 11) is 0. The number of rotatable bonds is 6. The van der Waals surface area contributed by atoms with Gasteiger partial charge in [0.2, 0.25) is 5.91 Å². The molecule has 0 aromatic heterocycles. The topological polar surface area (TPSA) is 41.9 Å². The van der Waals surface area contributed by atoms with E-state index in [1.165, 1.54) is 23.9 Å². The quantitative estimate of drug-likeness (QED) is 0.673. The van der Waals surface area contributed by atoms with Crippen molar-refractivity contribution < 1.29 is 22.7 Å². The minimum absolute atomic E-state index is 0.0506. The van der Waals surface area contributed by atoms with Crippen molar-refractivity contribution in [2.75, 3.05) is 19.7 Å². The normalized spacial score (nSPS) is 14.1. The van der Waals surface area contributed by atoms with Crippen molar-refractivity contribution in [2.45, 2.75) is 25.3 Å². The predicted molar refractivity (Wildman–Crippen MR) is 108 cm³/mol. The molecule has 0 saturated carbocycles. The number of amidine groups is 1. The van der Waals surface area contributed by atoms with Crippen LogP contribution in [-0.2, 0) is 23.1 Å². The van der Waals surface area contributed by atoms with E-state index in [1.54, 1.807) is 4.90 Å². The molecule has 1 aliphatic rings. The Hall–Kier alpha value is -2.48. The standard InChI is InChI=1S/C21H21F3N2O2S/c1-2-28-18-9-5-15(6-10-18)13-19(27)26-12-11-25-20(26)29-14-16-3-7-17(8-4-16)21(22,23)24/h3-10H,2,11-14H2,1H3. The summed E-state index contributed by atoms with van der Waals surface area (Å²) in [6, 6.07) is 12.5. The fourth-order valence-corrected chi connectivity index (χ4v) is 3.88. The number of hydrogen-bond donors (Lipinski definition) is 0. The van der Waals surface area contributed by atoms with Gasteiger partial charge in [-0.15, -0.1) is 0 Å². The van der Waals surface area contributed by atoms with Gasteiger partial charge < -0.3 is 4.74 Å². The van der Waals surface area contributed by atoms with Crippen LogP contribution in [0.25, 0.3) is 0 Å². The summed E-state index contributed by atoms with van der Waals surface area (Å²) >= 11 is 1.36. The van der Waals surface area contributed by atoms with Crippen LogP contribution in [-0.4, -0.2) is 35.7 Å². The maximum atomic E-state index is 12.7. The second-order valence-corrected chi connectivity index (χ2v) is 7.39. The molecule has 0 bridgehead atoms. The largest absolute Gasteiger partial charge is 0.494 e. The molecular formula is C21H21F3N2O2S. The summed E-state index contributed by atoms with van der Waals surface area (Å²) in [6.07, 6.45) is -4.09. The van der Waals surface area contributed by atoms with Crippen molar-refractivity contribution in [3.63, 3.8) is 0 Å². The van der Waals surface area contributed by atoms with Crippen LogP contribution in [0.3, 0.4) is 0 Å². The van der Waals surface area contributed by atoms with Gasteiger partial charge in [0.15, 0.2) is 5.17 Å². The lowest BCUT2D eigenvalue weighted by atomic mass is 10.1. The fourth-order valence-electron chi connectivity index (χ4n) is 2.86. The lowest BCUT2D eigenvalue weighted by molar-refractivity contribution is -0.137. The Morgan fingerprint density at radius 3 is 2.38 bits per heavy atom. The van der Waals surface area contributed by atoms with Gasteiger partial charge in [-0.25, -0.2) is 0 Å². The first-order valence-corrected chi connectivity index (χ1v) is 10.2. The van der Waals surface area contributed by atoms with E-state index in [0.717, 1.165) is 29.0 Å². The Bertz CT molecular complexity index is 865. The molecule has 0 radical (unpaired) electrons. The maximum absolute atomic E-state index is 12.7. The van der Waals surface area contributed by atoms with Crippen LogP contribution >= 0.6 is 11.8 Å². The summed E-state index contributed by atoms with van der Waals surface area (Å²) in [6.45, 7) is 3.55. The third-order valence-corrected chi connectivity index (χ3v) is 5.43. The number of benzene rings is 2. The molecule has 4 nitrogen and oxygen atoms in total. The molecule has 1 aliphatic heterocycles. The van der Waals surface area contributed by atoms with Gasteiger partial charge >= 0.3 is 6.18 Å². The van der Waals surface area contributed by atoms with Crippen LogP contribution in [0.2, 0.25) is 0 Å². The van der Waals surface area contributed by atoms with Crippen molar-refractivity contribution >= 4 is 22.8 Å². The highest BCUT2D eigenvalue weighted by molar-refractivity contribution is 8.13. The van der Waals surface area contributed by atoms with Gasteiger partial charge in [-0.1, -0.05) is 36.0 Å². The number of alkyl halides is 3. The molecule has 154 valence electrons. The van der Waals surface area contributed by atoms with Crippen LogP contribution in [0.1, 0.15) is 23.6 Å². The van der Waals surface area contributed by atoms with E-state index in [0.29, 0.717) is 30.6 Å². The minimum atomic E-state index is -4.34. The van der Waals surface area contributed by atoms with Crippen molar-refractivity contribution in [2.24, 2.45) is 4.99 Å². The number of nitrogens with zero attached hydrogens (tertiary/aromatic N) is 2. The van der Waals surface area contributed by atoms with E-state index in [2.05, 4.69) is 4.99 Å². The van der Waals surface area contributed by atoms with Gasteiger partial charge in [-0.05, 0) is 42.3 Å². The average molecular weight is 422 g/mol. The molecule has 0 fully saturated rings.